The highest BCUT2D eigenvalue weighted by Crippen LogP contribution is 2.26. The fourth-order valence-electron chi connectivity index (χ4n) is 3.07. The molecule has 112 valence electrons. The van der Waals surface area contributed by atoms with Crippen LogP contribution in [0.1, 0.15) is 31.7 Å². The third-order valence-electron chi connectivity index (χ3n) is 4.71. The summed E-state index contributed by atoms with van der Waals surface area (Å²) in [5, 5.41) is 0. The van der Waals surface area contributed by atoms with Crippen LogP contribution in [0.4, 0.5) is 0 Å². The Labute approximate surface area is 123 Å². The molecule has 1 aromatic carbocycles. The van der Waals surface area contributed by atoms with Gasteiger partial charge in [-0.25, -0.2) is 0 Å². The zero-order valence-electron chi connectivity index (χ0n) is 12.8. The Morgan fingerprint density at radius 1 is 1.35 bits per heavy atom. The molecule has 2 atom stereocenters. The first kappa shape index (κ1) is 15.5. The quantitative estimate of drug-likeness (QED) is 0.867. The van der Waals surface area contributed by atoms with Crippen molar-refractivity contribution in [3.05, 3.63) is 35.9 Å². The van der Waals surface area contributed by atoms with Gasteiger partial charge in [0, 0.05) is 25.7 Å². The highest BCUT2D eigenvalue weighted by atomic mass is 16.5. The van der Waals surface area contributed by atoms with Crippen molar-refractivity contribution < 1.29 is 4.74 Å². The van der Waals surface area contributed by atoms with Crippen LogP contribution in [0.2, 0.25) is 0 Å². The topological polar surface area (TPSA) is 38.5 Å². The average Bonchev–Trinajstić information content (AvgIpc) is 2.53. The second-order valence-electron chi connectivity index (χ2n) is 6.13. The van der Waals surface area contributed by atoms with E-state index in [0.29, 0.717) is 12.6 Å². The van der Waals surface area contributed by atoms with Crippen molar-refractivity contribution >= 4 is 0 Å². The molecule has 0 bridgehead atoms. The molecule has 1 fully saturated rings. The standard InChI is InChI=1S/C17H28N2O/c1-17(14-18,11-10-15-7-4-3-5-8-15)19-12-6-9-16(13-19)20-2/h3-5,7-8,16H,6,9-14,18H2,1-2H3. The van der Waals surface area contributed by atoms with Crippen LogP contribution < -0.4 is 5.73 Å². The molecule has 0 aliphatic carbocycles. The molecule has 1 saturated heterocycles. The molecule has 2 unspecified atom stereocenters. The SMILES string of the molecule is COC1CCCN(C(C)(CN)CCc2ccccc2)C1. The fourth-order valence-corrected chi connectivity index (χ4v) is 3.07. The summed E-state index contributed by atoms with van der Waals surface area (Å²) in [7, 11) is 1.82. The lowest BCUT2D eigenvalue weighted by atomic mass is 9.89. The normalized spacial score (nSPS) is 23.4. The van der Waals surface area contributed by atoms with E-state index in [1.165, 1.54) is 18.4 Å². The van der Waals surface area contributed by atoms with E-state index in [2.05, 4.69) is 42.2 Å². The lowest BCUT2D eigenvalue weighted by molar-refractivity contribution is -0.0139. The number of piperidine rings is 1. The minimum atomic E-state index is 0.0764. The van der Waals surface area contributed by atoms with E-state index >= 15 is 0 Å². The van der Waals surface area contributed by atoms with Gasteiger partial charge >= 0.3 is 0 Å². The Bertz CT molecular complexity index is 395. The van der Waals surface area contributed by atoms with Gasteiger partial charge in [-0.3, -0.25) is 4.90 Å². The Morgan fingerprint density at radius 3 is 2.75 bits per heavy atom. The van der Waals surface area contributed by atoms with Gasteiger partial charge in [-0.1, -0.05) is 30.3 Å². The van der Waals surface area contributed by atoms with Gasteiger partial charge in [-0.15, -0.1) is 0 Å². The molecule has 0 radical (unpaired) electrons. The first-order valence-electron chi connectivity index (χ1n) is 7.70. The van der Waals surface area contributed by atoms with E-state index in [9.17, 15) is 0 Å². The zero-order chi connectivity index (χ0) is 14.4. The minimum absolute atomic E-state index is 0.0764. The van der Waals surface area contributed by atoms with Gasteiger partial charge in [-0.05, 0) is 44.7 Å². The number of nitrogens with zero attached hydrogens (tertiary/aromatic N) is 1. The summed E-state index contributed by atoms with van der Waals surface area (Å²) in [5.41, 5.74) is 7.58. The molecule has 1 aliphatic rings. The molecular weight excluding hydrogens is 248 g/mol. The molecule has 0 saturated carbocycles. The molecule has 3 nitrogen and oxygen atoms in total. The molecule has 2 N–H and O–H groups in total. The van der Waals surface area contributed by atoms with Crippen LogP contribution in [0.15, 0.2) is 30.3 Å². The van der Waals surface area contributed by atoms with E-state index in [0.717, 1.165) is 25.9 Å². The predicted octanol–water partition coefficient (Wildman–Crippen LogP) is 2.45. The average molecular weight is 276 g/mol. The Hall–Kier alpha value is -0.900. The maximum Gasteiger partial charge on any atom is 0.0698 e. The number of hydrogen-bond donors (Lipinski definition) is 1. The molecule has 1 heterocycles. The summed E-state index contributed by atoms with van der Waals surface area (Å²) in [6.07, 6.45) is 4.93. The molecule has 1 aromatic rings. The van der Waals surface area contributed by atoms with Crippen molar-refractivity contribution in [2.24, 2.45) is 5.73 Å². The van der Waals surface area contributed by atoms with Crippen LogP contribution in [-0.4, -0.2) is 43.3 Å². The molecule has 0 amide bonds. The number of methoxy groups -OCH3 is 1. The second kappa shape index (κ2) is 7.21. The highest BCUT2D eigenvalue weighted by molar-refractivity contribution is 5.15. The predicted molar refractivity (Wildman–Crippen MR) is 83.8 cm³/mol. The highest BCUT2D eigenvalue weighted by Gasteiger charge is 2.33. The van der Waals surface area contributed by atoms with Gasteiger partial charge in [0.05, 0.1) is 6.10 Å². The molecule has 0 aromatic heterocycles. The van der Waals surface area contributed by atoms with Crippen molar-refractivity contribution in [3.63, 3.8) is 0 Å². The number of rotatable bonds is 6. The van der Waals surface area contributed by atoms with Crippen molar-refractivity contribution in [1.82, 2.24) is 4.90 Å². The van der Waals surface area contributed by atoms with Crippen molar-refractivity contribution in [1.29, 1.82) is 0 Å². The van der Waals surface area contributed by atoms with Crippen LogP contribution in [0.5, 0.6) is 0 Å². The largest absolute Gasteiger partial charge is 0.380 e. The van der Waals surface area contributed by atoms with Gasteiger partial charge in [0.15, 0.2) is 0 Å². The lowest BCUT2D eigenvalue weighted by Gasteiger charge is -2.45. The van der Waals surface area contributed by atoms with Gasteiger partial charge < -0.3 is 10.5 Å². The first-order valence-corrected chi connectivity index (χ1v) is 7.70. The maximum absolute atomic E-state index is 6.11. The molecule has 2 rings (SSSR count). The Morgan fingerprint density at radius 2 is 2.10 bits per heavy atom. The molecular formula is C17H28N2O. The Balaban J connectivity index is 1.97. The summed E-state index contributed by atoms with van der Waals surface area (Å²) in [6.45, 7) is 5.16. The van der Waals surface area contributed by atoms with Gasteiger partial charge in [0.2, 0.25) is 0 Å². The van der Waals surface area contributed by atoms with Gasteiger partial charge in [0.1, 0.15) is 0 Å². The van der Waals surface area contributed by atoms with Crippen LogP contribution in [-0.2, 0) is 11.2 Å². The van der Waals surface area contributed by atoms with E-state index in [1.807, 2.05) is 7.11 Å². The van der Waals surface area contributed by atoms with Gasteiger partial charge in [-0.2, -0.15) is 0 Å². The van der Waals surface area contributed by atoms with Crippen LogP contribution in [0.3, 0.4) is 0 Å². The number of benzene rings is 1. The third kappa shape index (κ3) is 3.81. The summed E-state index contributed by atoms with van der Waals surface area (Å²) >= 11 is 0. The number of aryl methyl sites for hydroxylation is 1. The Kier molecular flexibility index (Phi) is 5.58. The molecule has 3 heteroatoms. The van der Waals surface area contributed by atoms with Crippen LogP contribution >= 0.6 is 0 Å². The number of ether oxygens (including phenoxy) is 1. The number of nitrogens with two attached hydrogens (primary N) is 1. The summed E-state index contributed by atoms with van der Waals surface area (Å²) < 4.78 is 5.54. The van der Waals surface area contributed by atoms with E-state index in [4.69, 9.17) is 10.5 Å². The third-order valence-corrected chi connectivity index (χ3v) is 4.71. The molecule has 1 aliphatic heterocycles. The minimum Gasteiger partial charge on any atom is -0.380 e. The first-order chi connectivity index (χ1) is 9.68. The summed E-state index contributed by atoms with van der Waals surface area (Å²) in [6, 6.07) is 10.7. The van der Waals surface area contributed by atoms with Crippen LogP contribution in [0, 0.1) is 0 Å². The van der Waals surface area contributed by atoms with Crippen LogP contribution in [0.25, 0.3) is 0 Å². The maximum atomic E-state index is 6.11. The monoisotopic (exact) mass is 276 g/mol. The van der Waals surface area contributed by atoms with Crippen molar-refractivity contribution in [2.75, 3.05) is 26.7 Å². The summed E-state index contributed by atoms with van der Waals surface area (Å²) in [4.78, 5) is 2.54. The molecule has 0 spiro atoms. The molecule has 20 heavy (non-hydrogen) atoms. The fraction of sp³-hybridized carbons (Fsp3) is 0.647. The van der Waals surface area contributed by atoms with E-state index < -0.39 is 0 Å². The summed E-state index contributed by atoms with van der Waals surface area (Å²) in [5.74, 6) is 0. The van der Waals surface area contributed by atoms with Gasteiger partial charge in [0.25, 0.3) is 0 Å². The number of likely N-dealkylation sites (tertiary alicyclic amines) is 1. The second-order valence-corrected chi connectivity index (χ2v) is 6.13. The van der Waals surface area contributed by atoms with E-state index in [1.54, 1.807) is 0 Å². The van der Waals surface area contributed by atoms with Crippen molar-refractivity contribution in [2.45, 2.75) is 44.2 Å². The smallest absolute Gasteiger partial charge is 0.0698 e. The zero-order valence-corrected chi connectivity index (χ0v) is 12.8. The lowest BCUT2D eigenvalue weighted by Crippen LogP contribution is -2.56. The van der Waals surface area contributed by atoms with E-state index in [-0.39, 0.29) is 5.54 Å². The number of hydrogen-bond acceptors (Lipinski definition) is 3. The van der Waals surface area contributed by atoms with Crippen molar-refractivity contribution in [3.8, 4) is 0 Å².